The molecule has 0 spiro atoms. The molecule has 1 aromatic heterocycles. The highest BCUT2D eigenvalue weighted by Crippen LogP contribution is 2.21. The molecule has 0 aliphatic heterocycles. The summed E-state index contributed by atoms with van der Waals surface area (Å²) in [4.78, 5) is 12.6. The number of hydrogen-bond donors (Lipinski definition) is 2. The molecule has 1 heterocycles. The van der Waals surface area contributed by atoms with Crippen LogP contribution in [0.5, 0.6) is 0 Å². The molecule has 118 valence electrons. The van der Waals surface area contributed by atoms with Crippen molar-refractivity contribution in [2.75, 3.05) is 0 Å². The number of nitrogens with one attached hydrogen (secondary N) is 2. The van der Waals surface area contributed by atoms with E-state index in [4.69, 9.17) is 0 Å². The van der Waals surface area contributed by atoms with Crippen LogP contribution in [0.3, 0.4) is 0 Å². The Kier molecular flexibility index (Phi) is 3.50. The van der Waals surface area contributed by atoms with Crippen LogP contribution < -0.4 is 5.32 Å². The average Bonchev–Trinajstić information content (AvgIpc) is 3.05. The summed E-state index contributed by atoms with van der Waals surface area (Å²) in [5, 5.41) is 13.3. The van der Waals surface area contributed by atoms with Crippen LogP contribution in [-0.4, -0.2) is 16.1 Å². The molecular weight excluding hydrogens is 298 g/mol. The van der Waals surface area contributed by atoms with Gasteiger partial charge in [0, 0.05) is 5.39 Å². The van der Waals surface area contributed by atoms with E-state index in [1.807, 2.05) is 43.3 Å². The number of carbonyl (C=O) groups is 1. The third kappa shape index (κ3) is 2.52. The second kappa shape index (κ2) is 5.81. The lowest BCUT2D eigenvalue weighted by molar-refractivity contribution is 0.0936. The minimum Gasteiger partial charge on any atom is -0.344 e. The predicted octanol–water partition coefficient (Wildman–Crippen LogP) is 4.21. The van der Waals surface area contributed by atoms with Gasteiger partial charge in [-0.2, -0.15) is 5.10 Å². The van der Waals surface area contributed by atoms with Gasteiger partial charge in [-0.1, -0.05) is 54.6 Å². The monoisotopic (exact) mass is 315 g/mol. The molecule has 4 nitrogen and oxygen atoms in total. The van der Waals surface area contributed by atoms with E-state index in [1.165, 1.54) is 10.8 Å². The minimum absolute atomic E-state index is 0.0995. The predicted molar refractivity (Wildman–Crippen MR) is 95.9 cm³/mol. The number of amides is 1. The molecule has 24 heavy (non-hydrogen) atoms. The van der Waals surface area contributed by atoms with Crippen LogP contribution in [0.4, 0.5) is 0 Å². The maximum atomic E-state index is 12.6. The fourth-order valence-electron chi connectivity index (χ4n) is 2.96. The molecule has 1 atom stereocenters. The Morgan fingerprint density at radius 2 is 1.75 bits per heavy atom. The van der Waals surface area contributed by atoms with Gasteiger partial charge in [-0.05, 0) is 35.4 Å². The third-order valence-corrected chi connectivity index (χ3v) is 4.31. The van der Waals surface area contributed by atoms with Crippen LogP contribution in [0.1, 0.15) is 29.0 Å². The van der Waals surface area contributed by atoms with Gasteiger partial charge in [0.1, 0.15) is 0 Å². The van der Waals surface area contributed by atoms with Crippen molar-refractivity contribution in [3.8, 4) is 0 Å². The molecule has 0 radical (unpaired) electrons. The second-order valence-electron chi connectivity index (χ2n) is 5.92. The summed E-state index contributed by atoms with van der Waals surface area (Å²) >= 11 is 0. The van der Waals surface area contributed by atoms with Crippen LogP contribution in [-0.2, 0) is 0 Å². The zero-order chi connectivity index (χ0) is 16.5. The molecule has 0 aliphatic rings. The van der Waals surface area contributed by atoms with Gasteiger partial charge in [-0.3, -0.25) is 9.89 Å². The van der Waals surface area contributed by atoms with Crippen molar-refractivity contribution in [2.45, 2.75) is 13.0 Å². The highest BCUT2D eigenvalue weighted by molar-refractivity contribution is 6.04. The van der Waals surface area contributed by atoms with Gasteiger partial charge in [-0.15, -0.1) is 0 Å². The molecule has 0 bridgehead atoms. The van der Waals surface area contributed by atoms with Crippen LogP contribution in [0.15, 0.2) is 66.7 Å². The van der Waals surface area contributed by atoms with Crippen LogP contribution in [0.2, 0.25) is 0 Å². The van der Waals surface area contributed by atoms with E-state index in [0.29, 0.717) is 5.69 Å². The zero-order valence-electron chi connectivity index (χ0n) is 13.3. The molecule has 1 amide bonds. The molecule has 0 aliphatic carbocycles. The van der Waals surface area contributed by atoms with Crippen LogP contribution in [0.25, 0.3) is 21.7 Å². The number of benzene rings is 3. The van der Waals surface area contributed by atoms with Crippen molar-refractivity contribution in [1.29, 1.82) is 0 Å². The van der Waals surface area contributed by atoms with Crippen molar-refractivity contribution in [1.82, 2.24) is 15.5 Å². The Balaban J connectivity index is 1.60. The van der Waals surface area contributed by atoms with Crippen molar-refractivity contribution < 1.29 is 4.79 Å². The Morgan fingerprint density at radius 1 is 1.00 bits per heavy atom. The summed E-state index contributed by atoms with van der Waals surface area (Å²) in [6.45, 7) is 1.98. The number of aromatic nitrogens is 2. The number of fused-ring (bicyclic) bond motifs is 2. The van der Waals surface area contributed by atoms with Gasteiger partial charge in [-0.25, -0.2) is 0 Å². The number of H-pyrrole nitrogens is 1. The molecule has 0 fully saturated rings. The van der Waals surface area contributed by atoms with Crippen LogP contribution in [0, 0.1) is 0 Å². The standard InChI is InChI=1S/C20H17N3O/c1-13(15-11-10-14-6-2-3-7-16(14)12-15)21-20(24)19-17-8-4-5-9-18(17)22-23-19/h2-13H,1H3,(H,21,24)(H,22,23). The normalized spacial score (nSPS) is 12.4. The van der Waals surface area contributed by atoms with Gasteiger partial charge in [0.2, 0.25) is 0 Å². The van der Waals surface area contributed by atoms with E-state index < -0.39 is 0 Å². The smallest absolute Gasteiger partial charge is 0.272 e. The van der Waals surface area contributed by atoms with Gasteiger partial charge in [0.15, 0.2) is 5.69 Å². The molecule has 4 rings (SSSR count). The summed E-state index contributed by atoms with van der Waals surface area (Å²) in [6, 6.07) is 22.0. The van der Waals surface area contributed by atoms with E-state index >= 15 is 0 Å². The van der Waals surface area contributed by atoms with E-state index in [9.17, 15) is 4.79 Å². The number of rotatable bonds is 3. The first-order valence-electron chi connectivity index (χ1n) is 7.95. The van der Waals surface area contributed by atoms with Crippen molar-refractivity contribution >= 4 is 27.6 Å². The molecule has 4 heteroatoms. The highest BCUT2D eigenvalue weighted by Gasteiger charge is 2.16. The fourth-order valence-corrected chi connectivity index (χ4v) is 2.96. The van der Waals surface area contributed by atoms with Gasteiger partial charge >= 0.3 is 0 Å². The summed E-state index contributed by atoms with van der Waals surface area (Å²) in [5.74, 6) is -0.173. The molecule has 0 saturated carbocycles. The maximum Gasteiger partial charge on any atom is 0.272 e. The first kappa shape index (κ1) is 14.5. The topological polar surface area (TPSA) is 57.8 Å². The lowest BCUT2D eigenvalue weighted by Crippen LogP contribution is -2.27. The van der Waals surface area contributed by atoms with Crippen molar-refractivity contribution in [3.05, 3.63) is 78.0 Å². The van der Waals surface area contributed by atoms with Gasteiger partial charge in [0.05, 0.1) is 11.6 Å². The van der Waals surface area contributed by atoms with Crippen molar-refractivity contribution in [3.63, 3.8) is 0 Å². The summed E-state index contributed by atoms with van der Waals surface area (Å²) < 4.78 is 0. The Morgan fingerprint density at radius 3 is 2.62 bits per heavy atom. The number of aromatic amines is 1. The van der Waals surface area contributed by atoms with Crippen LogP contribution >= 0.6 is 0 Å². The first-order valence-corrected chi connectivity index (χ1v) is 7.95. The minimum atomic E-state index is -0.173. The number of para-hydroxylation sites is 1. The van der Waals surface area contributed by atoms with Gasteiger partial charge < -0.3 is 5.32 Å². The number of nitrogens with zero attached hydrogens (tertiary/aromatic N) is 1. The summed E-state index contributed by atoms with van der Waals surface area (Å²) in [7, 11) is 0. The maximum absolute atomic E-state index is 12.6. The lowest BCUT2D eigenvalue weighted by Gasteiger charge is -2.14. The summed E-state index contributed by atoms with van der Waals surface area (Å²) in [6.07, 6.45) is 0. The first-order chi connectivity index (χ1) is 11.7. The molecular formula is C20H17N3O. The SMILES string of the molecule is CC(NC(=O)c1n[nH]c2ccccc12)c1ccc2ccccc2c1. The number of carbonyl (C=O) groups excluding carboxylic acids is 1. The van der Waals surface area contributed by atoms with E-state index in [-0.39, 0.29) is 11.9 Å². The molecule has 2 N–H and O–H groups in total. The highest BCUT2D eigenvalue weighted by atomic mass is 16.2. The average molecular weight is 315 g/mol. The second-order valence-corrected chi connectivity index (χ2v) is 5.92. The van der Waals surface area contributed by atoms with E-state index in [0.717, 1.165) is 16.5 Å². The Hall–Kier alpha value is -3.14. The molecule has 0 saturated heterocycles. The molecule has 1 unspecified atom stereocenters. The van der Waals surface area contributed by atoms with Gasteiger partial charge in [0.25, 0.3) is 5.91 Å². The fraction of sp³-hybridized carbons (Fsp3) is 0.100. The lowest BCUT2D eigenvalue weighted by atomic mass is 10.0. The van der Waals surface area contributed by atoms with Crippen molar-refractivity contribution in [2.24, 2.45) is 0 Å². The third-order valence-electron chi connectivity index (χ3n) is 4.31. The molecule has 3 aromatic carbocycles. The van der Waals surface area contributed by atoms with E-state index in [2.05, 4.69) is 45.8 Å². The zero-order valence-corrected chi connectivity index (χ0v) is 13.3. The summed E-state index contributed by atoms with van der Waals surface area (Å²) in [5.41, 5.74) is 2.36. The van der Waals surface area contributed by atoms with E-state index in [1.54, 1.807) is 0 Å². The number of hydrogen-bond acceptors (Lipinski definition) is 2. The Labute approximate surface area is 139 Å². The quantitative estimate of drug-likeness (QED) is 0.595. The Bertz CT molecular complexity index is 1040. The largest absolute Gasteiger partial charge is 0.344 e. The molecule has 4 aromatic rings.